The minimum atomic E-state index is -5.08. The standard InChI is InChI=1S/C26H29N3O2.C2HF3O2/c30-24(29-15-14-19-8-4-5-9-23(19)29)13-12-21(11-10-18-6-2-1-3-7-18)28-26(31)25-22-16-20(22)17-27-25;3-2(4,5)1(6)7/h1-9,12-13,20-22,25,27H,10-11,14-17H2,(H,28,31);(H,6,7)/b13-12+;/t20-,21+,22-,25+;/m1./s1. The molecular formula is C28H30F3N3O4. The molecule has 2 fully saturated rings. The molecule has 10 heteroatoms. The number of carboxylic acid groups (broad SMARTS) is 1. The fourth-order valence-electron chi connectivity index (χ4n) is 4.94. The number of carbonyl (C=O) groups excluding carboxylic acids is 2. The predicted molar refractivity (Wildman–Crippen MR) is 135 cm³/mol. The van der Waals surface area contributed by atoms with E-state index in [1.165, 1.54) is 11.1 Å². The molecule has 3 aliphatic rings. The lowest BCUT2D eigenvalue weighted by atomic mass is 10.0. The largest absolute Gasteiger partial charge is 0.490 e. The number of piperidine rings is 1. The van der Waals surface area contributed by atoms with Crippen molar-refractivity contribution in [2.75, 3.05) is 18.0 Å². The number of para-hydroxylation sites is 1. The van der Waals surface area contributed by atoms with E-state index in [-0.39, 0.29) is 23.9 Å². The smallest absolute Gasteiger partial charge is 0.475 e. The first kappa shape index (κ1) is 27.4. The van der Waals surface area contributed by atoms with Crippen molar-refractivity contribution in [1.82, 2.24) is 10.6 Å². The zero-order valence-electron chi connectivity index (χ0n) is 20.7. The molecule has 7 nitrogen and oxygen atoms in total. The predicted octanol–water partition coefficient (Wildman–Crippen LogP) is 3.49. The molecule has 1 aliphatic carbocycles. The van der Waals surface area contributed by atoms with Gasteiger partial charge in [-0.3, -0.25) is 9.59 Å². The monoisotopic (exact) mass is 529 g/mol. The Hall–Kier alpha value is -3.66. The summed E-state index contributed by atoms with van der Waals surface area (Å²) < 4.78 is 31.7. The number of alkyl halides is 3. The highest BCUT2D eigenvalue weighted by Gasteiger charge is 2.51. The topological polar surface area (TPSA) is 98.7 Å². The molecule has 0 bridgehead atoms. The molecule has 2 aromatic carbocycles. The average molecular weight is 530 g/mol. The van der Waals surface area contributed by atoms with Gasteiger partial charge >= 0.3 is 12.1 Å². The molecule has 2 amide bonds. The number of hydrogen-bond donors (Lipinski definition) is 3. The van der Waals surface area contributed by atoms with Crippen LogP contribution in [0.15, 0.2) is 66.7 Å². The van der Waals surface area contributed by atoms with Crippen molar-refractivity contribution < 1.29 is 32.7 Å². The highest BCUT2D eigenvalue weighted by atomic mass is 19.4. The second-order valence-corrected chi connectivity index (χ2v) is 9.72. The third-order valence-electron chi connectivity index (χ3n) is 7.07. The van der Waals surface area contributed by atoms with Crippen LogP contribution in [0.2, 0.25) is 0 Å². The third-order valence-corrected chi connectivity index (χ3v) is 7.07. The Morgan fingerprint density at radius 2 is 1.79 bits per heavy atom. The van der Waals surface area contributed by atoms with E-state index in [2.05, 4.69) is 28.8 Å². The van der Waals surface area contributed by atoms with Crippen LogP contribution < -0.4 is 15.5 Å². The van der Waals surface area contributed by atoms with Gasteiger partial charge in [0.25, 0.3) is 5.91 Å². The minimum Gasteiger partial charge on any atom is -0.475 e. The van der Waals surface area contributed by atoms with Crippen LogP contribution in [0.3, 0.4) is 0 Å². The normalized spacial score (nSPS) is 22.2. The summed E-state index contributed by atoms with van der Waals surface area (Å²) in [6, 6.07) is 18.1. The van der Waals surface area contributed by atoms with Crippen LogP contribution in [0.5, 0.6) is 0 Å². The Labute approximate surface area is 218 Å². The van der Waals surface area contributed by atoms with Crippen molar-refractivity contribution in [1.29, 1.82) is 0 Å². The molecule has 3 N–H and O–H groups in total. The number of anilines is 1. The van der Waals surface area contributed by atoms with Crippen molar-refractivity contribution in [2.45, 2.75) is 43.9 Å². The molecule has 0 radical (unpaired) electrons. The van der Waals surface area contributed by atoms with Crippen LogP contribution >= 0.6 is 0 Å². The Morgan fingerprint density at radius 1 is 1.11 bits per heavy atom. The fraction of sp³-hybridized carbons (Fsp3) is 0.393. The quantitative estimate of drug-likeness (QED) is 0.477. The zero-order valence-corrected chi connectivity index (χ0v) is 20.7. The summed E-state index contributed by atoms with van der Waals surface area (Å²) in [5, 5.41) is 13.7. The van der Waals surface area contributed by atoms with Gasteiger partial charge in [-0.05, 0) is 61.3 Å². The molecule has 4 atom stereocenters. The summed E-state index contributed by atoms with van der Waals surface area (Å²) in [6.07, 6.45) is 2.09. The van der Waals surface area contributed by atoms with Gasteiger partial charge < -0.3 is 20.6 Å². The Morgan fingerprint density at radius 3 is 2.42 bits per heavy atom. The van der Waals surface area contributed by atoms with Gasteiger partial charge in [0, 0.05) is 24.4 Å². The number of amides is 2. The van der Waals surface area contributed by atoms with E-state index in [4.69, 9.17) is 9.90 Å². The maximum absolute atomic E-state index is 12.9. The lowest BCUT2D eigenvalue weighted by Crippen LogP contribution is -2.46. The number of nitrogens with zero attached hydrogens (tertiary/aromatic N) is 1. The number of hydrogen-bond acceptors (Lipinski definition) is 4. The molecule has 0 spiro atoms. The number of nitrogens with one attached hydrogen (secondary N) is 2. The molecule has 1 saturated carbocycles. The van der Waals surface area contributed by atoms with Gasteiger partial charge in [0.2, 0.25) is 5.91 Å². The molecule has 2 aliphatic heterocycles. The van der Waals surface area contributed by atoms with Gasteiger partial charge in [0.15, 0.2) is 0 Å². The van der Waals surface area contributed by atoms with Gasteiger partial charge in [0.05, 0.1) is 6.04 Å². The molecule has 2 aromatic rings. The molecule has 5 rings (SSSR count). The molecular weight excluding hydrogens is 499 g/mol. The third kappa shape index (κ3) is 7.00. The van der Waals surface area contributed by atoms with Gasteiger partial charge in [-0.15, -0.1) is 0 Å². The van der Waals surface area contributed by atoms with E-state index in [1.54, 1.807) is 6.08 Å². The van der Waals surface area contributed by atoms with Crippen LogP contribution in [-0.2, 0) is 27.2 Å². The molecule has 2 heterocycles. The highest BCUT2D eigenvalue weighted by Crippen LogP contribution is 2.45. The summed E-state index contributed by atoms with van der Waals surface area (Å²) >= 11 is 0. The maximum Gasteiger partial charge on any atom is 0.490 e. The summed E-state index contributed by atoms with van der Waals surface area (Å²) in [4.78, 5) is 36.5. The summed E-state index contributed by atoms with van der Waals surface area (Å²) in [5.41, 5.74) is 3.44. The maximum atomic E-state index is 12.9. The first-order valence-corrected chi connectivity index (χ1v) is 12.6. The Bertz CT molecular complexity index is 1190. The van der Waals surface area contributed by atoms with E-state index >= 15 is 0 Å². The minimum absolute atomic E-state index is 0.0230. The van der Waals surface area contributed by atoms with E-state index in [9.17, 15) is 22.8 Å². The SMILES string of the molecule is O=C(N[C@H](/C=C/C(=O)N1CCc2ccccc21)CCc1ccccc1)[C@H]1NC[C@H]2C[C@H]21.O=C(O)C(F)(F)F. The van der Waals surface area contributed by atoms with Crippen LogP contribution in [0, 0.1) is 11.8 Å². The number of benzene rings is 2. The number of halogens is 3. The van der Waals surface area contributed by atoms with Crippen LogP contribution in [-0.4, -0.2) is 54.2 Å². The van der Waals surface area contributed by atoms with E-state index in [0.29, 0.717) is 18.4 Å². The van der Waals surface area contributed by atoms with Gasteiger partial charge in [-0.25, -0.2) is 4.79 Å². The molecule has 202 valence electrons. The van der Waals surface area contributed by atoms with Crippen molar-refractivity contribution in [2.24, 2.45) is 11.8 Å². The summed E-state index contributed by atoms with van der Waals surface area (Å²) in [6.45, 7) is 1.65. The van der Waals surface area contributed by atoms with Crippen molar-refractivity contribution in [3.05, 3.63) is 77.9 Å². The number of aryl methyl sites for hydroxylation is 1. The molecule has 1 saturated heterocycles. The Kier molecular flexibility index (Phi) is 8.51. The fourth-order valence-corrected chi connectivity index (χ4v) is 4.94. The van der Waals surface area contributed by atoms with Gasteiger partial charge in [-0.1, -0.05) is 54.6 Å². The number of carboxylic acids is 1. The highest BCUT2D eigenvalue weighted by molar-refractivity contribution is 6.03. The first-order valence-electron chi connectivity index (χ1n) is 12.6. The number of carbonyl (C=O) groups is 3. The van der Waals surface area contributed by atoms with Gasteiger partial charge in [-0.2, -0.15) is 13.2 Å². The van der Waals surface area contributed by atoms with Crippen LogP contribution in [0.25, 0.3) is 0 Å². The lowest BCUT2D eigenvalue weighted by molar-refractivity contribution is -0.192. The second kappa shape index (κ2) is 11.8. The van der Waals surface area contributed by atoms with Crippen molar-refractivity contribution in [3.63, 3.8) is 0 Å². The van der Waals surface area contributed by atoms with Crippen molar-refractivity contribution >= 4 is 23.5 Å². The molecule has 38 heavy (non-hydrogen) atoms. The number of aliphatic carboxylic acids is 1. The first-order chi connectivity index (χ1) is 18.1. The van der Waals surface area contributed by atoms with E-state index in [1.807, 2.05) is 47.4 Å². The van der Waals surface area contributed by atoms with Crippen molar-refractivity contribution in [3.8, 4) is 0 Å². The zero-order chi connectivity index (χ0) is 27.3. The van der Waals surface area contributed by atoms with Crippen LogP contribution in [0.4, 0.5) is 18.9 Å². The average Bonchev–Trinajstić information content (AvgIpc) is 3.33. The van der Waals surface area contributed by atoms with E-state index < -0.39 is 12.1 Å². The van der Waals surface area contributed by atoms with Gasteiger partial charge in [0.1, 0.15) is 0 Å². The number of rotatable bonds is 7. The summed E-state index contributed by atoms with van der Waals surface area (Å²) in [7, 11) is 0. The molecule has 0 aromatic heterocycles. The lowest BCUT2D eigenvalue weighted by Gasteiger charge is -2.20. The second-order valence-electron chi connectivity index (χ2n) is 9.72. The Balaban J connectivity index is 0.000000426. The summed E-state index contributed by atoms with van der Waals surface area (Å²) in [5.74, 6) is -1.56. The van der Waals surface area contributed by atoms with Crippen LogP contribution in [0.1, 0.15) is 24.0 Å². The number of fused-ring (bicyclic) bond motifs is 2. The van der Waals surface area contributed by atoms with E-state index in [0.717, 1.165) is 37.9 Å². The molecule has 0 unspecified atom stereocenters.